The van der Waals surface area contributed by atoms with Gasteiger partial charge in [-0.15, -0.1) is 4.67 Å². The van der Waals surface area contributed by atoms with Gasteiger partial charge in [0.05, 0.1) is 25.3 Å². The highest BCUT2D eigenvalue weighted by atomic mass is 32.2. The molecule has 39 heavy (non-hydrogen) atoms. The lowest BCUT2D eigenvalue weighted by atomic mass is 9.99. The second-order valence-corrected chi connectivity index (χ2v) is 9.46. The summed E-state index contributed by atoms with van der Waals surface area (Å²) in [6, 6.07) is 2.65. The van der Waals surface area contributed by atoms with Crippen molar-refractivity contribution >= 4 is 39.8 Å². The number of thioether (sulfide) groups is 1. The van der Waals surface area contributed by atoms with E-state index in [0.29, 0.717) is 36.2 Å². The molecule has 0 spiro atoms. The molecule has 1 amide bonds. The molecular weight excluding hydrogens is 522 g/mol. The number of carbonyl (C=O) groups excluding carboxylic acids is 1. The Labute approximate surface area is 228 Å². The molecule has 0 atom stereocenters. The molecule has 0 aromatic carbocycles. The molecule has 2 aromatic heterocycles. The first-order valence-electron chi connectivity index (χ1n) is 11.9. The first-order chi connectivity index (χ1) is 18.8. The fourth-order valence-electron chi connectivity index (χ4n) is 3.42. The van der Waals surface area contributed by atoms with Crippen molar-refractivity contribution in [3.63, 3.8) is 0 Å². The van der Waals surface area contributed by atoms with Gasteiger partial charge >= 0.3 is 0 Å². The fraction of sp³-hybridized carbons (Fsp3) is 0.250. The average molecular weight is 546 g/mol. The molecule has 1 saturated carbocycles. The van der Waals surface area contributed by atoms with Crippen molar-refractivity contribution in [2.24, 2.45) is 5.92 Å². The molecule has 0 radical (unpaired) electrons. The summed E-state index contributed by atoms with van der Waals surface area (Å²) in [6.45, 7) is 0. The van der Waals surface area contributed by atoms with Crippen LogP contribution < -0.4 is 14.7 Å². The van der Waals surface area contributed by atoms with Gasteiger partial charge < -0.3 is 10.1 Å². The molecule has 2 aromatic rings. The van der Waals surface area contributed by atoms with Gasteiger partial charge in [-0.25, -0.2) is 13.8 Å². The maximum absolute atomic E-state index is 13.5. The molecule has 1 aliphatic heterocycles. The first-order valence-corrected chi connectivity index (χ1v) is 12.7. The predicted molar refractivity (Wildman–Crippen MR) is 148 cm³/mol. The molecular formula is C28H23F2N6O2S+. The zero-order valence-electron chi connectivity index (χ0n) is 20.8. The van der Waals surface area contributed by atoms with Gasteiger partial charge in [-0.05, 0) is 48.6 Å². The van der Waals surface area contributed by atoms with Gasteiger partial charge in [0.25, 0.3) is 24.3 Å². The SMILES string of the molecule is COc1cnc(C(F)F)cc1-c1cc(C#CCC2=[N+]=CC=CC2)ncc1C(=O)NC(=N)SC(=N)C#CC1CC1. The molecule has 3 heterocycles. The number of alkyl halides is 2. The topological polar surface area (TPSA) is 126 Å². The Morgan fingerprint density at radius 3 is 2.77 bits per heavy atom. The normalized spacial score (nSPS) is 13.5. The minimum Gasteiger partial charge on any atom is -0.494 e. The largest absolute Gasteiger partial charge is 0.494 e. The summed E-state index contributed by atoms with van der Waals surface area (Å²) in [5.74, 6) is 11.3. The van der Waals surface area contributed by atoms with Crippen molar-refractivity contribution in [3.8, 4) is 40.6 Å². The molecule has 0 bridgehead atoms. The van der Waals surface area contributed by atoms with E-state index >= 15 is 0 Å². The number of allylic oxidation sites excluding steroid dienone is 2. The number of halogens is 2. The summed E-state index contributed by atoms with van der Waals surface area (Å²) < 4.78 is 36.6. The summed E-state index contributed by atoms with van der Waals surface area (Å²) in [7, 11) is 1.36. The van der Waals surface area contributed by atoms with E-state index in [0.717, 1.165) is 30.8 Å². The number of amides is 1. The van der Waals surface area contributed by atoms with Gasteiger partial charge in [0.1, 0.15) is 28.6 Å². The first kappa shape index (κ1) is 27.5. The molecule has 2 aliphatic rings. The van der Waals surface area contributed by atoms with Gasteiger partial charge in [0.2, 0.25) is 0 Å². The van der Waals surface area contributed by atoms with Crippen LogP contribution in [0.5, 0.6) is 5.75 Å². The number of carbonyl (C=O) groups is 1. The van der Waals surface area contributed by atoms with E-state index in [1.165, 1.54) is 19.4 Å². The minimum atomic E-state index is -2.84. The lowest BCUT2D eigenvalue weighted by Crippen LogP contribution is -2.29. The van der Waals surface area contributed by atoms with Crippen LogP contribution in [-0.4, -0.2) is 45.1 Å². The van der Waals surface area contributed by atoms with Crippen LogP contribution in [0.25, 0.3) is 11.1 Å². The average Bonchev–Trinajstić information content (AvgIpc) is 3.76. The van der Waals surface area contributed by atoms with E-state index in [1.54, 1.807) is 6.21 Å². The highest BCUT2D eigenvalue weighted by Crippen LogP contribution is 2.35. The molecule has 4 rings (SSSR count). The summed E-state index contributed by atoms with van der Waals surface area (Å²) >= 11 is 0.702. The minimum absolute atomic E-state index is 0.00241. The zero-order chi connectivity index (χ0) is 27.8. The highest BCUT2D eigenvalue weighted by molar-refractivity contribution is 8.26. The van der Waals surface area contributed by atoms with Crippen LogP contribution in [-0.2, 0) is 0 Å². The summed E-state index contributed by atoms with van der Waals surface area (Å²) in [4.78, 5) is 21.2. The number of hydrogen-bond acceptors (Lipinski definition) is 7. The molecule has 0 saturated heterocycles. The Morgan fingerprint density at radius 2 is 2.08 bits per heavy atom. The fourth-order valence-corrected chi connectivity index (χ4v) is 3.88. The van der Waals surface area contributed by atoms with E-state index in [1.807, 2.05) is 12.2 Å². The number of hydrogen-bond donors (Lipinski definition) is 3. The van der Waals surface area contributed by atoms with Gasteiger partial charge in [-0.3, -0.25) is 20.6 Å². The summed E-state index contributed by atoms with van der Waals surface area (Å²) in [6.07, 6.45) is 8.22. The predicted octanol–water partition coefficient (Wildman–Crippen LogP) is 4.16. The van der Waals surface area contributed by atoms with Crippen LogP contribution in [0.4, 0.5) is 8.78 Å². The number of ether oxygens (including phenoxy) is 1. The van der Waals surface area contributed by atoms with Crippen LogP contribution in [0.2, 0.25) is 0 Å². The standard InChI is InChI=1S/C28H22F2N6O2S/c1-38-24-16-35-23(26(29)30)14-21(24)20-13-19(7-4-6-18-5-2-3-12-33-18)34-15-22(20)27(37)36-28(32)39-25(31)11-10-17-8-9-17/h2-3,12-17,26,31H,5-6,8-9H2,1H3,(H-,32,36,37)/p+1. The number of methoxy groups -OCH3 is 1. The number of pyridine rings is 2. The lowest BCUT2D eigenvalue weighted by Gasteiger charge is -2.14. The van der Waals surface area contributed by atoms with Crippen molar-refractivity contribution in [2.75, 3.05) is 7.11 Å². The van der Waals surface area contributed by atoms with Crippen LogP contribution >= 0.6 is 11.8 Å². The van der Waals surface area contributed by atoms with E-state index < -0.39 is 18.0 Å². The second-order valence-electron chi connectivity index (χ2n) is 8.44. The van der Waals surface area contributed by atoms with E-state index in [-0.39, 0.29) is 32.7 Å². The van der Waals surface area contributed by atoms with Crippen molar-refractivity contribution in [2.45, 2.75) is 32.1 Å². The Kier molecular flexibility index (Phi) is 9.01. The van der Waals surface area contributed by atoms with Crippen LogP contribution in [0.1, 0.15) is 53.9 Å². The lowest BCUT2D eigenvalue weighted by molar-refractivity contribution is 0.0978. The monoisotopic (exact) mass is 545 g/mol. The third kappa shape index (κ3) is 7.71. The van der Waals surface area contributed by atoms with Crippen LogP contribution in [0.15, 0.2) is 36.7 Å². The highest BCUT2D eigenvalue weighted by Gasteiger charge is 2.22. The maximum Gasteiger partial charge on any atom is 0.296 e. The Morgan fingerprint density at radius 1 is 1.26 bits per heavy atom. The maximum atomic E-state index is 13.5. The third-order valence-electron chi connectivity index (χ3n) is 5.51. The van der Waals surface area contributed by atoms with Gasteiger partial charge in [-0.1, -0.05) is 17.9 Å². The van der Waals surface area contributed by atoms with Crippen molar-refractivity contribution in [1.82, 2.24) is 20.0 Å². The Bertz CT molecular complexity index is 1550. The molecule has 1 aliphatic carbocycles. The number of amidine groups is 1. The van der Waals surface area contributed by atoms with Crippen LogP contribution in [0.3, 0.4) is 0 Å². The molecule has 11 heteroatoms. The summed E-state index contributed by atoms with van der Waals surface area (Å²) in [5, 5.41) is 18.1. The molecule has 3 N–H and O–H groups in total. The zero-order valence-corrected chi connectivity index (χ0v) is 21.7. The Balaban J connectivity index is 1.65. The van der Waals surface area contributed by atoms with Crippen molar-refractivity contribution in [1.29, 1.82) is 10.8 Å². The quantitative estimate of drug-likeness (QED) is 0.225. The van der Waals surface area contributed by atoms with Gasteiger partial charge in [0.15, 0.2) is 5.17 Å². The molecule has 1 fully saturated rings. The smallest absolute Gasteiger partial charge is 0.296 e. The van der Waals surface area contributed by atoms with E-state index in [2.05, 4.69) is 43.6 Å². The summed E-state index contributed by atoms with van der Waals surface area (Å²) in [5.41, 5.74) is 1.12. The van der Waals surface area contributed by atoms with Crippen LogP contribution in [0, 0.1) is 40.4 Å². The van der Waals surface area contributed by atoms with Gasteiger partial charge in [0, 0.05) is 29.3 Å². The van der Waals surface area contributed by atoms with Crippen molar-refractivity contribution < 1.29 is 18.3 Å². The second kappa shape index (κ2) is 12.8. The van der Waals surface area contributed by atoms with E-state index in [9.17, 15) is 13.6 Å². The van der Waals surface area contributed by atoms with Crippen molar-refractivity contribution in [3.05, 3.63) is 53.6 Å². The van der Waals surface area contributed by atoms with E-state index in [4.69, 9.17) is 15.6 Å². The number of rotatable bonds is 5. The number of aromatic nitrogens is 2. The van der Waals surface area contributed by atoms with Gasteiger partial charge in [-0.2, -0.15) is 0 Å². The number of nitrogens with zero attached hydrogens (tertiary/aromatic N) is 3. The third-order valence-corrected chi connectivity index (χ3v) is 6.12. The number of nitrogens with one attached hydrogen (secondary N) is 3. The Hall–Kier alpha value is -4.57. The molecule has 0 unspecified atom stereocenters. The molecule has 8 nitrogen and oxygen atoms in total. The molecule has 196 valence electrons.